The first-order chi connectivity index (χ1) is 9.79. The molecule has 100 valence electrons. The molecule has 0 saturated carbocycles. The Balaban J connectivity index is 2.05. The van der Waals surface area contributed by atoms with E-state index in [1.54, 1.807) is 0 Å². The topological polar surface area (TPSA) is 54.9 Å². The van der Waals surface area contributed by atoms with Crippen molar-refractivity contribution < 1.29 is 4.79 Å². The summed E-state index contributed by atoms with van der Waals surface area (Å²) in [5.74, 6) is 0.803. The van der Waals surface area contributed by atoms with Gasteiger partial charge >= 0.3 is 0 Å². The van der Waals surface area contributed by atoms with Gasteiger partial charge in [-0.15, -0.1) is 11.3 Å². The van der Waals surface area contributed by atoms with Crippen LogP contribution in [0.2, 0.25) is 0 Å². The maximum absolute atomic E-state index is 12.4. The molecule has 0 aliphatic rings. The van der Waals surface area contributed by atoms with Gasteiger partial charge in [-0.1, -0.05) is 30.3 Å². The first-order valence-corrected chi connectivity index (χ1v) is 7.19. The van der Waals surface area contributed by atoms with Gasteiger partial charge in [-0.3, -0.25) is 4.79 Å². The number of benzene rings is 1. The number of thiophene rings is 1. The standard InChI is InChI=1S/C15H13N3OS/c1-2-16-14-11-8-12(20-15(11)18-9-17-14)13(19)10-6-4-3-5-7-10/h3-9H,2H2,1H3,(H,16,17,18). The van der Waals surface area contributed by atoms with Crippen molar-refractivity contribution in [1.82, 2.24) is 9.97 Å². The maximum Gasteiger partial charge on any atom is 0.203 e. The van der Waals surface area contributed by atoms with Crippen molar-refractivity contribution in [2.45, 2.75) is 6.92 Å². The van der Waals surface area contributed by atoms with Gasteiger partial charge in [0.15, 0.2) is 0 Å². The van der Waals surface area contributed by atoms with Crippen molar-refractivity contribution >= 4 is 33.2 Å². The van der Waals surface area contributed by atoms with Crippen molar-refractivity contribution in [3.05, 3.63) is 53.2 Å². The molecule has 0 aliphatic carbocycles. The lowest BCUT2D eigenvalue weighted by Crippen LogP contribution is -1.99. The summed E-state index contributed by atoms with van der Waals surface area (Å²) in [7, 11) is 0. The fourth-order valence-electron chi connectivity index (χ4n) is 2.01. The van der Waals surface area contributed by atoms with Crippen LogP contribution in [0.15, 0.2) is 42.7 Å². The predicted octanol–water partition coefficient (Wildman–Crippen LogP) is 3.35. The van der Waals surface area contributed by atoms with E-state index in [1.807, 2.05) is 43.3 Å². The highest BCUT2D eigenvalue weighted by Crippen LogP contribution is 2.29. The van der Waals surface area contributed by atoms with E-state index in [-0.39, 0.29) is 5.78 Å². The first kappa shape index (κ1) is 12.7. The third kappa shape index (κ3) is 2.28. The van der Waals surface area contributed by atoms with Crippen LogP contribution in [-0.4, -0.2) is 22.3 Å². The van der Waals surface area contributed by atoms with E-state index in [0.717, 1.165) is 22.6 Å². The molecule has 0 saturated heterocycles. The van der Waals surface area contributed by atoms with Gasteiger partial charge in [0.05, 0.1) is 10.3 Å². The molecular formula is C15H13N3OS. The SMILES string of the molecule is CCNc1ncnc2sc(C(=O)c3ccccc3)cc12. The van der Waals surface area contributed by atoms with Crippen LogP contribution in [-0.2, 0) is 0 Å². The molecule has 0 bridgehead atoms. The zero-order chi connectivity index (χ0) is 13.9. The Kier molecular flexibility index (Phi) is 3.43. The van der Waals surface area contributed by atoms with E-state index in [9.17, 15) is 4.79 Å². The van der Waals surface area contributed by atoms with Crippen molar-refractivity contribution in [3.63, 3.8) is 0 Å². The van der Waals surface area contributed by atoms with Crippen LogP contribution >= 0.6 is 11.3 Å². The fourth-order valence-corrected chi connectivity index (χ4v) is 2.97. The summed E-state index contributed by atoms with van der Waals surface area (Å²) < 4.78 is 0. The van der Waals surface area contributed by atoms with Crippen molar-refractivity contribution in [2.24, 2.45) is 0 Å². The second kappa shape index (κ2) is 5.38. The summed E-state index contributed by atoms with van der Waals surface area (Å²) in [6.07, 6.45) is 1.52. The number of ketones is 1. The van der Waals surface area contributed by atoms with Gasteiger partial charge in [-0.25, -0.2) is 9.97 Å². The Bertz CT molecular complexity index is 752. The lowest BCUT2D eigenvalue weighted by atomic mass is 10.1. The van der Waals surface area contributed by atoms with Gasteiger partial charge in [0.1, 0.15) is 17.0 Å². The van der Waals surface area contributed by atoms with Gasteiger partial charge in [0, 0.05) is 12.1 Å². The summed E-state index contributed by atoms with van der Waals surface area (Å²) in [4.78, 5) is 22.4. The molecule has 20 heavy (non-hydrogen) atoms. The summed E-state index contributed by atoms with van der Waals surface area (Å²) in [5, 5.41) is 4.09. The number of nitrogens with one attached hydrogen (secondary N) is 1. The number of anilines is 1. The number of carbonyl (C=O) groups excluding carboxylic acids is 1. The van der Waals surface area contributed by atoms with Crippen LogP contribution in [0.1, 0.15) is 22.2 Å². The van der Waals surface area contributed by atoms with Gasteiger partial charge in [0.2, 0.25) is 5.78 Å². The second-order valence-electron chi connectivity index (χ2n) is 4.28. The summed E-state index contributed by atoms with van der Waals surface area (Å²) in [5.41, 5.74) is 0.692. The van der Waals surface area contributed by atoms with Crippen LogP contribution in [0.25, 0.3) is 10.2 Å². The molecule has 0 atom stereocenters. The maximum atomic E-state index is 12.4. The van der Waals surface area contributed by atoms with E-state index in [0.29, 0.717) is 10.4 Å². The van der Waals surface area contributed by atoms with Crippen LogP contribution in [0.4, 0.5) is 5.82 Å². The Hall–Kier alpha value is -2.27. The normalized spacial score (nSPS) is 10.7. The molecule has 0 unspecified atom stereocenters. The zero-order valence-corrected chi connectivity index (χ0v) is 11.8. The Labute approximate surface area is 120 Å². The van der Waals surface area contributed by atoms with E-state index < -0.39 is 0 Å². The molecule has 0 amide bonds. The van der Waals surface area contributed by atoms with Crippen molar-refractivity contribution in [2.75, 3.05) is 11.9 Å². The number of aromatic nitrogens is 2. The van der Waals surface area contributed by atoms with Crippen LogP contribution in [0, 0.1) is 0 Å². The third-order valence-electron chi connectivity index (χ3n) is 2.93. The number of carbonyl (C=O) groups is 1. The van der Waals surface area contributed by atoms with E-state index in [4.69, 9.17) is 0 Å². The molecule has 2 aromatic heterocycles. The molecule has 0 spiro atoms. The molecule has 1 aromatic carbocycles. The summed E-state index contributed by atoms with van der Waals surface area (Å²) in [6.45, 7) is 2.79. The highest BCUT2D eigenvalue weighted by atomic mass is 32.1. The van der Waals surface area contributed by atoms with Crippen LogP contribution < -0.4 is 5.32 Å². The van der Waals surface area contributed by atoms with Crippen LogP contribution in [0.5, 0.6) is 0 Å². The predicted molar refractivity (Wildman–Crippen MR) is 81.5 cm³/mol. The van der Waals surface area contributed by atoms with E-state index in [2.05, 4.69) is 15.3 Å². The minimum atomic E-state index is 0.0241. The minimum absolute atomic E-state index is 0.0241. The Morgan fingerprint density at radius 1 is 1.25 bits per heavy atom. The quantitative estimate of drug-likeness (QED) is 0.746. The molecule has 5 heteroatoms. The minimum Gasteiger partial charge on any atom is -0.370 e. The van der Waals surface area contributed by atoms with E-state index >= 15 is 0 Å². The zero-order valence-electron chi connectivity index (χ0n) is 11.0. The largest absolute Gasteiger partial charge is 0.370 e. The first-order valence-electron chi connectivity index (χ1n) is 6.37. The molecule has 3 rings (SSSR count). The van der Waals surface area contributed by atoms with Gasteiger partial charge < -0.3 is 5.32 Å². The molecular weight excluding hydrogens is 270 g/mol. The fraction of sp³-hybridized carbons (Fsp3) is 0.133. The highest BCUT2D eigenvalue weighted by molar-refractivity contribution is 7.20. The smallest absolute Gasteiger partial charge is 0.203 e. The molecule has 0 aliphatic heterocycles. The van der Waals surface area contributed by atoms with E-state index in [1.165, 1.54) is 17.7 Å². The van der Waals surface area contributed by atoms with Crippen LogP contribution in [0.3, 0.4) is 0 Å². The lowest BCUT2D eigenvalue weighted by Gasteiger charge is -2.01. The van der Waals surface area contributed by atoms with Gasteiger partial charge in [0.25, 0.3) is 0 Å². The summed E-state index contributed by atoms with van der Waals surface area (Å²) in [6, 6.07) is 11.1. The monoisotopic (exact) mass is 283 g/mol. The number of nitrogens with zero attached hydrogens (tertiary/aromatic N) is 2. The van der Waals surface area contributed by atoms with Crippen molar-refractivity contribution in [3.8, 4) is 0 Å². The highest BCUT2D eigenvalue weighted by Gasteiger charge is 2.15. The molecule has 0 fully saturated rings. The molecule has 1 N–H and O–H groups in total. The average Bonchev–Trinajstić information content (AvgIpc) is 2.93. The lowest BCUT2D eigenvalue weighted by molar-refractivity contribution is 0.104. The number of hydrogen-bond donors (Lipinski definition) is 1. The number of fused-ring (bicyclic) bond motifs is 1. The molecule has 3 aromatic rings. The number of rotatable bonds is 4. The molecule has 4 nitrogen and oxygen atoms in total. The Morgan fingerprint density at radius 2 is 2.05 bits per heavy atom. The average molecular weight is 283 g/mol. The van der Waals surface area contributed by atoms with Gasteiger partial charge in [-0.2, -0.15) is 0 Å². The number of hydrogen-bond acceptors (Lipinski definition) is 5. The second-order valence-corrected chi connectivity index (χ2v) is 5.31. The third-order valence-corrected chi connectivity index (χ3v) is 3.98. The Morgan fingerprint density at radius 3 is 2.80 bits per heavy atom. The summed E-state index contributed by atoms with van der Waals surface area (Å²) >= 11 is 1.40. The van der Waals surface area contributed by atoms with Gasteiger partial charge in [-0.05, 0) is 13.0 Å². The van der Waals surface area contributed by atoms with Crippen molar-refractivity contribution in [1.29, 1.82) is 0 Å². The molecule has 0 radical (unpaired) electrons. The molecule has 2 heterocycles.